The van der Waals surface area contributed by atoms with E-state index in [1.54, 1.807) is 16.7 Å². The first kappa shape index (κ1) is 24.0. The van der Waals surface area contributed by atoms with Crippen molar-refractivity contribution in [3.8, 4) is 0 Å². The highest BCUT2D eigenvalue weighted by atomic mass is 32.2. The number of thioether (sulfide) groups is 1. The topological polar surface area (TPSA) is 49.4 Å². The Morgan fingerprint density at radius 1 is 1.03 bits per heavy atom. The standard InChI is InChI=1S/C25H34N2O2S/c1-5-23(25(29)26-19(2)3)27(17-22-13-9-10-20(4)16-22)24(28)14-15-30-18-21-11-7-6-8-12-21/h6-13,16,19,23H,5,14-15,17-18H2,1-4H3,(H,26,29)/t23-/m0/s1. The van der Waals surface area contributed by atoms with Crippen LogP contribution in [-0.2, 0) is 21.9 Å². The molecule has 1 N–H and O–H groups in total. The van der Waals surface area contributed by atoms with Gasteiger partial charge in [0.1, 0.15) is 6.04 Å². The van der Waals surface area contributed by atoms with Crippen molar-refractivity contribution in [2.75, 3.05) is 5.75 Å². The van der Waals surface area contributed by atoms with E-state index < -0.39 is 6.04 Å². The fourth-order valence-corrected chi connectivity index (χ4v) is 4.27. The van der Waals surface area contributed by atoms with Gasteiger partial charge in [-0.25, -0.2) is 0 Å². The predicted octanol–water partition coefficient (Wildman–Crippen LogP) is 4.95. The Balaban J connectivity index is 2.06. The first-order valence-corrected chi connectivity index (χ1v) is 11.8. The zero-order valence-corrected chi connectivity index (χ0v) is 19.4. The van der Waals surface area contributed by atoms with Crippen molar-refractivity contribution in [3.05, 3.63) is 71.3 Å². The highest BCUT2D eigenvalue weighted by Gasteiger charge is 2.28. The van der Waals surface area contributed by atoms with Crippen LogP contribution in [0.25, 0.3) is 0 Å². The minimum absolute atomic E-state index is 0.0304. The summed E-state index contributed by atoms with van der Waals surface area (Å²) in [5.74, 6) is 1.57. The van der Waals surface area contributed by atoms with E-state index in [-0.39, 0.29) is 17.9 Å². The summed E-state index contributed by atoms with van der Waals surface area (Å²) in [5, 5.41) is 2.98. The molecule has 4 nitrogen and oxygen atoms in total. The quantitative estimate of drug-likeness (QED) is 0.517. The van der Waals surface area contributed by atoms with Gasteiger partial charge in [0, 0.05) is 30.5 Å². The van der Waals surface area contributed by atoms with Crippen molar-refractivity contribution in [3.63, 3.8) is 0 Å². The van der Waals surface area contributed by atoms with E-state index in [4.69, 9.17) is 0 Å². The van der Waals surface area contributed by atoms with Crippen molar-refractivity contribution < 1.29 is 9.59 Å². The van der Waals surface area contributed by atoms with E-state index >= 15 is 0 Å². The van der Waals surface area contributed by atoms with E-state index in [0.717, 1.165) is 22.6 Å². The normalized spacial score (nSPS) is 11.9. The van der Waals surface area contributed by atoms with Crippen molar-refractivity contribution in [2.24, 2.45) is 0 Å². The maximum absolute atomic E-state index is 13.2. The molecule has 0 saturated heterocycles. The SMILES string of the molecule is CC[C@@H](C(=O)NC(C)C)N(Cc1cccc(C)c1)C(=O)CCSCc1ccccc1. The van der Waals surface area contributed by atoms with Crippen LogP contribution in [0.4, 0.5) is 0 Å². The van der Waals surface area contributed by atoms with Crippen molar-refractivity contribution in [2.45, 2.75) is 64.9 Å². The number of hydrogen-bond acceptors (Lipinski definition) is 3. The Morgan fingerprint density at radius 3 is 2.37 bits per heavy atom. The fourth-order valence-electron chi connectivity index (χ4n) is 3.37. The molecule has 0 radical (unpaired) electrons. The van der Waals surface area contributed by atoms with E-state index in [1.807, 2.05) is 64.1 Å². The molecule has 0 saturated carbocycles. The van der Waals surface area contributed by atoms with Crippen LogP contribution in [0.5, 0.6) is 0 Å². The average molecular weight is 427 g/mol. The highest BCUT2D eigenvalue weighted by Crippen LogP contribution is 2.18. The number of nitrogens with zero attached hydrogens (tertiary/aromatic N) is 1. The van der Waals surface area contributed by atoms with Crippen LogP contribution in [0.2, 0.25) is 0 Å². The van der Waals surface area contributed by atoms with Crippen molar-refractivity contribution in [1.82, 2.24) is 10.2 Å². The van der Waals surface area contributed by atoms with Crippen LogP contribution in [0, 0.1) is 6.92 Å². The molecule has 0 fully saturated rings. The number of nitrogens with one attached hydrogen (secondary N) is 1. The summed E-state index contributed by atoms with van der Waals surface area (Å²) in [6, 6.07) is 18.0. The second-order valence-corrected chi connectivity index (χ2v) is 8.99. The fraction of sp³-hybridized carbons (Fsp3) is 0.440. The molecule has 0 unspecified atom stereocenters. The van der Waals surface area contributed by atoms with Gasteiger partial charge in [-0.05, 0) is 38.3 Å². The lowest BCUT2D eigenvalue weighted by Gasteiger charge is -2.31. The summed E-state index contributed by atoms with van der Waals surface area (Å²) in [5.41, 5.74) is 3.46. The van der Waals surface area contributed by atoms with Crippen molar-refractivity contribution >= 4 is 23.6 Å². The van der Waals surface area contributed by atoms with Gasteiger partial charge < -0.3 is 10.2 Å². The summed E-state index contributed by atoms with van der Waals surface area (Å²) >= 11 is 1.75. The Bertz CT molecular complexity index is 808. The predicted molar refractivity (Wildman–Crippen MR) is 126 cm³/mol. The van der Waals surface area contributed by atoms with Gasteiger partial charge in [0.25, 0.3) is 0 Å². The average Bonchev–Trinajstić information content (AvgIpc) is 2.71. The molecular formula is C25H34N2O2S. The van der Waals surface area contributed by atoms with Crippen LogP contribution >= 0.6 is 11.8 Å². The third-order valence-electron chi connectivity index (χ3n) is 4.82. The molecule has 162 valence electrons. The van der Waals surface area contributed by atoms with E-state index in [2.05, 4.69) is 23.5 Å². The molecule has 2 rings (SSSR count). The van der Waals surface area contributed by atoms with E-state index in [1.165, 1.54) is 5.56 Å². The minimum atomic E-state index is -0.459. The van der Waals surface area contributed by atoms with Crippen LogP contribution < -0.4 is 5.32 Å². The molecule has 2 amide bonds. The van der Waals surface area contributed by atoms with Gasteiger partial charge in [-0.3, -0.25) is 9.59 Å². The highest BCUT2D eigenvalue weighted by molar-refractivity contribution is 7.98. The van der Waals surface area contributed by atoms with Gasteiger partial charge in [0.2, 0.25) is 11.8 Å². The molecule has 0 aromatic heterocycles. The lowest BCUT2D eigenvalue weighted by molar-refractivity contribution is -0.141. The monoisotopic (exact) mass is 426 g/mol. The number of carbonyl (C=O) groups is 2. The molecule has 0 aliphatic rings. The van der Waals surface area contributed by atoms with Crippen LogP contribution in [0.1, 0.15) is 50.3 Å². The summed E-state index contributed by atoms with van der Waals surface area (Å²) in [7, 11) is 0. The van der Waals surface area contributed by atoms with Crippen molar-refractivity contribution in [1.29, 1.82) is 0 Å². The molecule has 2 aromatic rings. The summed E-state index contributed by atoms with van der Waals surface area (Å²) < 4.78 is 0. The summed E-state index contributed by atoms with van der Waals surface area (Å²) in [6.45, 7) is 8.34. The lowest BCUT2D eigenvalue weighted by Crippen LogP contribution is -2.50. The Labute approximate surface area is 185 Å². The number of hydrogen-bond donors (Lipinski definition) is 1. The molecule has 0 aliphatic heterocycles. The first-order chi connectivity index (χ1) is 14.4. The zero-order valence-electron chi connectivity index (χ0n) is 18.6. The van der Waals surface area contributed by atoms with Crippen LogP contribution in [-0.4, -0.2) is 34.6 Å². The Hall–Kier alpha value is -2.27. The van der Waals surface area contributed by atoms with Crippen LogP contribution in [0.3, 0.4) is 0 Å². The number of carbonyl (C=O) groups excluding carboxylic acids is 2. The van der Waals surface area contributed by atoms with Gasteiger partial charge in [0.05, 0.1) is 0 Å². The second-order valence-electron chi connectivity index (χ2n) is 7.89. The van der Waals surface area contributed by atoms with Crippen LogP contribution in [0.15, 0.2) is 54.6 Å². The third kappa shape index (κ3) is 7.86. The van der Waals surface area contributed by atoms with E-state index in [9.17, 15) is 9.59 Å². The molecule has 5 heteroatoms. The maximum atomic E-state index is 13.2. The molecule has 30 heavy (non-hydrogen) atoms. The molecule has 0 spiro atoms. The lowest BCUT2D eigenvalue weighted by atomic mass is 10.1. The number of aryl methyl sites for hydroxylation is 1. The van der Waals surface area contributed by atoms with Gasteiger partial charge in [0.15, 0.2) is 0 Å². The molecule has 0 heterocycles. The van der Waals surface area contributed by atoms with Gasteiger partial charge in [-0.1, -0.05) is 67.1 Å². The molecule has 0 bridgehead atoms. The maximum Gasteiger partial charge on any atom is 0.243 e. The summed E-state index contributed by atoms with van der Waals surface area (Å²) in [6.07, 6.45) is 1.02. The van der Waals surface area contributed by atoms with Gasteiger partial charge in [-0.2, -0.15) is 11.8 Å². The molecular weight excluding hydrogens is 392 g/mol. The zero-order chi connectivity index (χ0) is 21.9. The molecule has 1 atom stereocenters. The number of benzene rings is 2. The minimum Gasteiger partial charge on any atom is -0.352 e. The third-order valence-corrected chi connectivity index (χ3v) is 5.85. The van der Waals surface area contributed by atoms with E-state index in [0.29, 0.717) is 19.4 Å². The Morgan fingerprint density at radius 2 is 1.73 bits per heavy atom. The number of rotatable bonds is 11. The molecule has 0 aliphatic carbocycles. The van der Waals surface area contributed by atoms with Gasteiger partial charge in [-0.15, -0.1) is 0 Å². The largest absolute Gasteiger partial charge is 0.352 e. The van der Waals surface area contributed by atoms with Gasteiger partial charge >= 0.3 is 0 Å². The summed E-state index contributed by atoms with van der Waals surface area (Å²) in [4.78, 5) is 27.7. The number of amides is 2. The molecule has 2 aromatic carbocycles. The Kier molecular flexibility index (Phi) is 9.95. The second kappa shape index (κ2) is 12.4. The first-order valence-electron chi connectivity index (χ1n) is 10.7. The smallest absolute Gasteiger partial charge is 0.243 e.